The van der Waals surface area contributed by atoms with Crippen LogP contribution in [0.4, 0.5) is 10.2 Å². The molecule has 41 heavy (non-hydrogen) atoms. The number of rotatable bonds is 5. The van der Waals surface area contributed by atoms with Crippen LogP contribution in [0.1, 0.15) is 18.4 Å². The lowest BCUT2D eigenvalue weighted by Gasteiger charge is -2.34. The van der Waals surface area contributed by atoms with Gasteiger partial charge < -0.3 is 19.4 Å². The van der Waals surface area contributed by atoms with Gasteiger partial charge in [0.1, 0.15) is 29.3 Å². The maximum atomic E-state index is 16.5. The summed E-state index contributed by atoms with van der Waals surface area (Å²) in [4.78, 5) is 20.7. The first-order valence-electron chi connectivity index (χ1n) is 13.7. The summed E-state index contributed by atoms with van der Waals surface area (Å²) in [6, 6.07) is 16.0. The molecule has 4 aromatic heterocycles. The van der Waals surface area contributed by atoms with Crippen LogP contribution in [0.15, 0.2) is 73.3 Å². The van der Waals surface area contributed by atoms with E-state index in [2.05, 4.69) is 25.2 Å². The predicted octanol–water partition coefficient (Wildman–Crippen LogP) is 5.80. The number of hydrogen-bond donors (Lipinski definition) is 1. The van der Waals surface area contributed by atoms with Crippen molar-refractivity contribution in [3.8, 4) is 17.3 Å². The summed E-state index contributed by atoms with van der Waals surface area (Å²) in [5.74, 6) is 0.105. The summed E-state index contributed by atoms with van der Waals surface area (Å²) >= 11 is 6.59. The van der Waals surface area contributed by atoms with Crippen molar-refractivity contribution in [2.75, 3.05) is 18.0 Å². The molecule has 204 valence electrons. The minimum absolute atomic E-state index is 0.110. The largest absolute Gasteiger partial charge is 0.458 e. The van der Waals surface area contributed by atoms with Crippen molar-refractivity contribution in [2.24, 2.45) is 0 Å². The molecule has 0 aliphatic carbocycles. The number of ether oxygens (including phenoxy) is 1. The van der Waals surface area contributed by atoms with Gasteiger partial charge in [-0.05, 0) is 30.4 Å². The molecule has 6 aromatic rings. The number of pyridine rings is 2. The third kappa shape index (κ3) is 4.15. The molecule has 0 amide bonds. The van der Waals surface area contributed by atoms with Gasteiger partial charge in [-0.25, -0.2) is 9.37 Å². The molecule has 2 fully saturated rings. The highest BCUT2D eigenvalue weighted by Gasteiger charge is 2.34. The van der Waals surface area contributed by atoms with E-state index in [0.29, 0.717) is 33.9 Å². The van der Waals surface area contributed by atoms with Crippen LogP contribution in [0.3, 0.4) is 0 Å². The van der Waals surface area contributed by atoms with Crippen LogP contribution in [0.2, 0.25) is 5.02 Å². The molecule has 0 spiro atoms. The number of aromatic nitrogens is 5. The molecule has 8 nitrogen and oxygen atoms in total. The number of nitrogens with zero attached hydrogens (tertiary/aromatic N) is 6. The fourth-order valence-corrected chi connectivity index (χ4v) is 6.52. The Morgan fingerprint density at radius 3 is 2.66 bits per heavy atom. The smallest absolute Gasteiger partial charge is 0.319 e. The van der Waals surface area contributed by atoms with E-state index in [1.54, 1.807) is 18.5 Å². The van der Waals surface area contributed by atoms with Crippen molar-refractivity contribution in [3.05, 3.63) is 89.7 Å². The van der Waals surface area contributed by atoms with Crippen LogP contribution in [0.5, 0.6) is 6.01 Å². The molecule has 2 aromatic carbocycles. The quantitative estimate of drug-likeness (QED) is 0.283. The molecule has 0 radical (unpaired) electrons. The van der Waals surface area contributed by atoms with Crippen LogP contribution in [-0.2, 0) is 6.61 Å². The lowest BCUT2D eigenvalue weighted by atomic mass is 10.0. The lowest BCUT2D eigenvalue weighted by Crippen LogP contribution is -2.51. The molecule has 0 unspecified atom stereocenters. The number of halogens is 2. The molecule has 10 heteroatoms. The third-order valence-electron chi connectivity index (χ3n) is 8.13. The molecule has 2 aliphatic rings. The number of anilines is 1. The van der Waals surface area contributed by atoms with Crippen molar-refractivity contribution in [1.29, 1.82) is 0 Å². The Hall–Kier alpha value is -4.34. The van der Waals surface area contributed by atoms with Gasteiger partial charge in [0, 0.05) is 71.5 Å². The van der Waals surface area contributed by atoms with Crippen molar-refractivity contribution >= 4 is 44.7 Å². The summed E-state index contributed by atoms with van der Waals surface area (Å²) in [6.07, 6.45) is 9.45. The summed E-state index contributed by atoms with van der Waals surface area (Å²) < 4.78 is 24.6. The van der Waals surface area contributed by atoms with E-state index in [-0.39, 0.29) is 23.8 Å². The van der Waals surface area contributed by atoms with Crippen molar-refractivity contribution < 1.29 is 9.13 Å². The number of imidazole rings is 1. The second-order valence-corrected chi connectivity index (χ2v) is 11.1. The Balaban J connectivity index is 1.27. The van der Waals surface area contributed by atoms with Crippen molar-refractivity contribution in [2.45, 2.75) is 31.5 Å². The summed E-state index contributed by atoms with van der Waals surface area (Å²) in [6.45, 7) is 1.74. The number of hydrogen-bond acceptors (Lipinski definition) is 7. The minimum atomic E-state index is -0.531. The average Bonchev–Trinajstić information content (AvgIpc) is 3.62. The molecular formula is C31H25ClFN7O. The second-order valence-electron chi connectivity index (χ2n) is 10.7. The zero-order chi connectivity index (χ0) is 27.5. The molecular weight excluding hydrogens is 541 g/mol. The molecule has 6 heterocycles. The molecule has 1 N–H and O–H groups in total. The highest BCUT2D eigenvalue weighted by atomic mass is 35.5. The molecule has 2 aliphatic heterocycles. The SMILES string of the molecule is Fc1c(-c2cccc3cccc(Cl)c23)ncc2c(N3C[C@H]4CC[C@@H](C3)N4)nc(OCc3cccn4ccnc34)nc12. The first-order valence-corrected chi connectivity index (χ1v) is 14.1. The van der Waals surface area contributed by atoms with Gasteiger partial charge in [0.2, 0.25) is 0 Å². The summed E-state index contributed by atoms with van der Waals surface area (Å²) in [5, 5.41) is 6.41. The molecule has 2 atom stereocenters. The first kappa shape index (κ1) is 24.5. The Morgan fingerprint density at radius 1 is 0.976 bits per heavy atom. The number of fused-ring (bicyclic) bond motifs is 5. The van der Waals surface area contributed by atoms with Crippen molar-refractivity contribution in [1.82, 2.24) is 29.7 Å². The standard InChI is InChI=1S/C31H25ClFN7O/c32-24-8-2-5-18-4-1-7-22(25(18)24)27-26(33)28-23(14-35-27)30(40-15-20-9-10-21(16-40)36-20)38-31(37-28)41-17-19-6-3-12-39-13-11-34-29(19)39/h1-8,11-14,20-21,36H,9-10,15-17H2/t20-,21+. The molecule has 0 saturated carbocycles. The number of nitrogens with one attached hydrogen (secondary N) is 1. The fraction of sp³-hybridized carbons (Fsp3) is 0.226. The number of benzene rings is 2. The zero-order valence-corrected chi connectivity index (χ0v) is 22.7. The lowest BCUT2D eigenvalue weighted by molar-refractivity contribution is 0.282. The molecule has 8 rings (SSSR count). The van der Waals surface area contributed by atoms with Gasteiger partial charge in [-0.1, -0.05) is 48.0 Å². The van der Waals surface area contributed by atoms with E-state index in [4.69, 9.17) is 21.3 Å². The van der Waals surface area contributed by atoms with E-state index in [0.717, 1.165) is 47.9 Å². The minimum Gasteiger partial charge on any atom is -0.458 e. The van der Waals surface area contributed by atoms with Gasteiger partial charge in [-0.2, -0.15) is 9.97 Å². The van der Waals surface area contributed by atoms with Gasteiger partial charge in [0.15, 0.2) is 5.82 Å². The Labute approximate surface area is 239 Å². The Kier molecular flexibility index (Phi) is 5.75. The van der Waals surface area contributed by atoms with E-state index in [9.17, 15) is 0 Å². The van der Waals surface area contributed by atoms with Gasteiger partial charge in [0.05, 0.1) is 5.39 Å². The highest BCUT2D eigenvalue weighted by molar-refractivity contribution is 6.36. The van der Waals surface area contributed by atoms with E-state index in [1.807, 2.05) is 59.3 Å². The summed E-state index contributed by atoms with van der Waals surface area (Å²) in [5.41, 5.74) is 2.64. The highest BCUT2D eigenvalue weighted by Crippen LogP contribution is 2.38. The van der Waals surface area contributed by atoms with E-state index >= 15 is 4.39 Å². The maximum absolute atomic E-state index is 16.5. The fourth-order valence-electron chi connectivity index (χ4n) is 6.24. The number of piperazine rings is 1. The van der Waals surface area contributed by atoms with E-state index < -0.39 is 5.82 Å². The van der Waals surface area contributed by atoms with Crippen LogP contribution >= 0.6 is 11.6 Å². The third-order valence-corrected chi connectivity index (χ3v) is 8.44. The van der Waals surface area contributed by atoms with Gasteiger partial charge in [0.25, 0.3) is 0 Å². The topological polar surface area (TPSA) is 80.5 Å². The van der Waals surface area contributed by atoms with Crippen LogP contribution in [0.25, 0.3) is 38.6 Å². The van der Waals surface area contributed by atoms with Crippen LogP contribution < -0.4 is 15.0 Å². The molecule has 2 bridgehead atoms. The molecule has 2 saturated heterocycles. The van der Waals surface area contributed by atoms with Gasteiger partial charge >= 0.3 is 6.01 Å². The maximum Gasteiger partial charge on any atom is 0.319 e. The predicted molar refractivity (Wildman–Crippen MR) is 157 cm³/mol. The van der Waals surface area contributed by atoms with E-state index in [1.165, 1.54) is 0 Å². The second kappa shape index (κ2) is 9.64. The monoisotopic (exact) mass is 565 g/mol. The first-order chi connectivity index (χ1) is 20.1. The van der Waals surface area contributed by atoms with Crippen LogP contribution in [0, 0.1) is 5.82 Å². The van der Waals surface area contributed by atoms with Crippen molar-refractivity contribution in [3.63, 3.8) is 0 Å². The van der Waals surface area contributed by atoms with Gasteiger partial charge in [-0.15, -0.1) is 0 Å². The van der Waals surface area contributed by atoms with Crippen LogP contribution in [-0.4, -0.2) is 49.5 Å². The Bertz CT molecular complexity index is 1940. The average molecular weight is 566 g/mol. The zero-order valence-electron chi connectivity index (χ0n) is 22.0. The Morgan fingerprint density at radius 2 is 1.80 bits per heavy atom. The normalized spacial score (nSPS) is 18.5. The van der Waals surface area contributed by atoms with Gasteiger partial charge in [-0.3, -0.25) is 4.98 Å². The summed E-state index contributed by atoms with van der Waals surface area (Å²) in [7, 11) is 0.